The van der Waals surface area contributed by atoms with Crippen molar-refractivity contribution in [2.45, 2.75) is 23.5 Å². The zero-order valence-corrected chi connectivity index (χ0v) is 11.4. The molecule has 0 saturated carbocycles. The number of nitrogens with zero attached hydrogens (tertiary/aromatic N) is 1. The maximum absolute atomic E-state index is 12.2. The summed E-state index contributed by atoms with van der Waals surface area (Å²) >= 11 is 1.63. The number of rotatable bonds is 2. The van der Waals surface area contributed by atoms with E-state index in [1.54, 1.807) is 18.0 Å². The first-order valence-electron chi connectivity index (χ1n) is 6.20. The van der Waals surface area contributed by atoms with Gasteiger partial charge in [-0.25, -0.2) is 4.98 Å². The molecule has 1 aromatic carbocycles. The average Bonchev–Trinajstić information content (AvgIpc) is 2.82. The highest BCUT2D eigenvalue weighted by Gasteiger charge is 2.28. The molecule has 0 aliphatic carbocycles. The van der Waals surface area contributed by atoms with E-state index >= 15 is 0 Å². The lowest BCUT2D eigenvalue weighted by atomic mass is 10.1. The molecule has 19 heavy (non-hydrogen) atoms. The molecule has 3 nitrogen and oxygen atoms in total. The highest BCUT2D eigenvalue weighted by atomic mass is 32.2. The van der Waals surface area contributed by atoms with Crippen LogP contribution in [-0.4, -0.2) is 16.1 Å². The van der Waals surface area contributed by atoms with E-state index in [0.29, 0.717) is 5.82 Å². The van der Waals surface area contributed by atoms with E-state index in [-0.39, 0.29) is 11.2 Å². The fourth-order valence-corrected chi connectivity index (χ4v) is 3.33. The maximum Gasteiger partial charge on any atom is 0.239 e. The molecule has 1 N–H and O–H groups in total. The lowest BCUT2D eigenvalue weighted by Gasteiger charge is -2.09. The zero-order chi connectivity index (χ0) is 13.2. The molecule has 1 aromatic heterocycles. The molecule has 1 aliphatic heterocycles. The van der Waals surface area contributed by atoms with Gasteiger partial charge in [0.2, 0.25) is 5.91 Å². The number of hydrogen-bond acceptors (Lipinski definition) is 3. The van der Waals surface area contributed by atoms with Crippen molar-refractivity contribution in [1.29, 1.82) is 0 Å². The van der Waals surface area contributed by atoms with Gasteiger partial charge in [0.05, 0.1) is 5.25 Å². The van der Waals surface area contributed by atoms with E-state index in [4.69, 9.17) is 0 Å². The first kappa shape index (κ1) is 12.2. The van der Waals surface area contributed by atoms with Crippen LogP contribution < -0.4 is 5.32 Å². The van der Waals surface area contributed by atoms with Crippen LogP contribution in [0.2, 0.25) is 0 Å². The van der Waals surface area contributed by atoms with Gasteiger partial charge in [-0.3, -0.25) is 4.79 Å². The minimum Gasteiger partial charge on any atom is -0.310 e. The van der Waals surface area contributed by atoms with Crippen molar-refractivity contribution in [1.82, 2.24) is 4.98 Å². The molecule has 1 aliphatic rings. The lowest BCUT2D eigenvalue weighted by molar-refractivity contribution is -0.115. The predicted octanol–water partition coefficient (Wildman–Crippen LogP) is 3.05. The number of nitrogens with one attached hydrogen (secondary N) is 1. The van der Waals surface area contributed by atoms with E-state index in [1.807, 2.05) is 31.2 Å². The molecule has 4 heteroatoms. The molecule has 1 amide bonds. The van der Waals surface area contributed by atoms with E-state index in [1.165, 1.54) is 10.5 Å². The predicted molar refractivity (Wildman–Crippen MR) is 77.4 cm³/mol. The minimum atomic E-state index is -0.0558. The molecule has 2 aromatic rings. The number of amides is 1. The summed E-state index contributed by atoms with van der Waals surface area (Å²) in [6.07, 6.45) is 2.50. The Labute approximate surface area is 116 Å². The van der Waals surface area contributed by atoms with Crippen LogP contribution in [-0.2, 0) is 11.2 Å². The zero-order valence-electron chi connectivity index (χ0n) is 10.6. The highest BCUT2D eigenvalue weighted by Crippen LogP contribution is 2.37. The van der Waals surface area contributed by atoms with Crippen LogP contribution in [0.1, 0.15) is 11.1 Å². The summed E-state index contributed by atoms with van der Waals surface area (Å²) in [6, 6.07) is 12.0. The van der Waals surface area contributed by atoms with Gasteiger partial charge in [0, 0.05) is 11.1 Å². The SMILES string of the molecule is Cc1ccnc(NC(=O)C2Cc3ccccc3S2)c1. The molecule has 1 unspecified atom stereocenters. The second-order valence-electron chi connectivity index (χ2n) is 4.63. The van der Waals surface area contributed by atoms with E-state index in [9.17, 15) is 4.79 Å². The normalized spacial score (nSPS) is 17.0. The molecular formula is C15H14N2OS. The number of fused-ring (bicyclic) bond motifs is 1. The van der Waals surface area contributed by atoms with Crippen molar-refractivity contribution in [3.05, 3.63) is 53.7 Å². The minimum absolute atomic E-state index is 0.0271. The number of carbonyl (C=O) groups is 1. The molecule has 96 valence electrons. The van der Waals surface area contributed by atoms with Gasteiger partial charge in [-0.05, 0) is 42.7 Å². The van der Waals surface area contributed by atoms with Gasteiger partial charge >= 0.3 is 0 Å². The molecule has 0 fully saturated rings. The smallest absolute Gasteiger partial charge is 0.239 e. The van der Waals surface area contributed by atoms with Gasteiger partial charge in [0.1, 0.15) is 5.82 Å². The first-order valence-corrected chi connectivity index (χ1v) is 7.08. The van der Waals surface area contributed by atoms with Crippen molar-refractivity contribution in [2.24, 2.45) is 0 Å². The third kappa shape index (κ3) is 2.63. The van der Waals surface area contributed by atoms with Crippen molar-refractivity contribution in [3.63, 3.8) is 0 Å². The fraction of sp³-hybridized carbons (Fsp3) is 0.200. The number of benzene rings is 1. The number of thioether (sulfide) groups is 1. The quantitative estimate of drug-likeness (QED) is 0.912. The number of carbonyl (C=O) groups excluding carboxylic acids is 1. The van der Waals surface area contributed by atoms with Gasteiger partial charge in [0.15, 0.2) is 0 Å². The Bertz CT molecular complexity index is 602. The largest absolute Gasteiger partial charge is 0.310 e. The summed E-state index contributed by atoms with van der Waals surface area (Å²) in [5.41, 5.74) is 2.34. The average molecular weight is 270 g/mol. The maximum atomic E-state index is 12.2. The van der Waals surface area contributed by atoms with E-state index < -0.39 is 0 Å². The van der Waals surface area contributed by atoms with E-state index in [0.717, 1.165) is 12.0 Å². The lowest BCUT2D eigenvalue weighted by Crippen LogP contribution is -2.25. The topological polar surface area (TPSA) is 42.0 Å². The van der Waals surface area contributed by atoms with Crippen LogP contribution in [0.25, 0.3) is 0 Å². The van der Waals surface area contributed by atoms with Crippen molar-refractivity contribution < 1.29 is 4.79 Å². The fourth-order valence-electron chi connectivity index (χ4n) is 2.14. The number of anilines is 1. The monoisotopic (exact) mass is 270 g/mol. The van der Waals surface area contributed by atoms with Crippen LogP contribution in [0.4, 0.5) is 5.82 Å². The second-order valence-corrected chi connectivity index (χ2v) is 5.87. The Morgan fingerprint density at radius 3 is 3.00 bits per heavy atom. The molecule has 0 radical (unpaired) electrons. The highest BCUT2D eigenvalue weighted by molar-refractivity contribution is 8.01. The molecule has 2 heterocycles. The van der Waals surface area contributed by atoms with Crippen LogP contribution in [0.5, 0.6) is 0 Å². The summed E-state index contributed by atoms with van der Waals surface area (Å²) in [4.78, 5) is 17.6. The summed E-state index contributed by atoms with van der Waals surface area (Å²) in [6.45, 7) is 1.98. The molecular weight excluding hydrogens is 256 g/mol. The standard InChI is InChI=1S/C15H14N2OS/c1-10-6-7-16-14(8-10)17-15(18)13-9-11-4-2-3-5-12(11)19-13/h2-8,13H,9H2,1H3,(H,16,17,18). The summed E-state index contributed by atoms with van der Waals surface area (Å²) < 4.78 is 0. The van der Waals surface area contributed by atoms with Crippen molar-refractivity contribution in [3.8, 4) is 0 Å². The van der Waals surface area contributed by atoms with Crippen molar-refractivity contribution in [2.75, 3.05) is 5.32 Å². The number of pyridine rings is 1. The summed E-state index contributed by atoms with van der Waals surface area (Å²) in [5, 5.41) is 2.83. The van der Waals surface area contributed by atoms with Gasteiger partial charge in [-0.1, -0.05) is 18.2 Å². The Balaban J connectivity index is 1.70. The van der Waals surface area contributed by atoms with Gasteiger partial charge < -0.3 is 5.32 Å². The Morgan fingerprint density at radius 1 is 1.37 bits per heavy atom. The van der Waals surface area contributed by atoms with Gasteiger partial charge in [-0.15, -0.1) is 11.8 Å². The van der Waals surface area contributed by atoms with Gasteiger partial charge in [-0.2, -0.15) is 0 Å². The number of aromatic nitrogens is 1. The third-order valence-corrected chi connectivity index (χ3v) is 4.42. The molecule has 3 rings (SSSR count). The third-order valence-electron chi connectivity index (χ3n) is 3.11. The summed E-state index contributed by atoms with van der Waals surface area (Å²) in [5.74, 6) is 0.654. The van der Waals surface area contributed by atoms with Crippen LogP contribution in [0.15, 0.2) is 47.5 Å². The Hall–Kier alpha value is -1.81. The Kier molecular flexibility index (Phi) is 3.25. The van der Waals surface area contributed by atoms with Crippen LogP contribution >= 0.6 is 11.8 Å². The number of hydrogen-bond donors (Lipinski definition) is 1. The van der Waals surface area contributed by atoms with Gasteiger partial charge in [0.25, 0.3) is 0 Å². The molecule has 1 atom stereocenters. The Morgan fingerprint density at radius 2 is 2.21 bits per heavy atom. The first-order chi connectivity index (χ1) is 9.22. The summed E-state index contributed by atoms with van der Waals surface area (Å²) in [7, 11) is 0. The van der Waals surface area contributed by atoms with Crippen LogP contribution in [0.3, 0.4) is 0 Å². The van der Waals surface area contributed by atoms with Crippen molar-refractivity contribution >= 4 is 23.5 Å². The second kappa shape index (κ2) is 5.05. The van der Waals surface area contributed by atoms with Crippen LogP contribution in [0, 0.1) is 6.92 Å². The molecule has 0 saturated heterocycles. The number of aryl methyl sites for hydroxylation is 1. The molecule has 0 spiro atoms. The van der Waals surface area contributed by atoms with E-state index in [2.05, 4.69) is 22.4 Å². The molecule has 0 bridgehead atoms.